The Morgan fingerprint density at radius 1 is 1.10 bits per heavy atom. The lowest BCUT2D eigenvalue weighted by Crippen LogP contribution is -2.31. The number of hydrogen-bond donors (Lipinski definition) is 1. The van der Waals surface area contributed by atoms with Crippen molar-refractivity contribution in [2.24, 2.45) is 11.8 Å². The molecule has 31 heavy (non-hydrogen) atoms. The van der Waals surface area contributed by atoms with E-state index in [2.05, 4.69) is 20.4 Å². The maximum Gasteiger partial charge on any atom is 0.293 e. The van der Waals surface area contributed by atoms with Crippen LogP contribution in [0.15, 0.2) is 48.5 Å². The molecule has 7 nitrogen and oxygen atoms in total. The first-order valence-electron chi connectivity index (χ1n) is 10.4. The summed E-state index contributed by atoms with van der Waals surface area (Å²) >= 11 is 0. The zero-order valence-corrected chi connectivity index (χ0v) is 17.3. The van der Waals surface area contributed by atoms with E-state index < -0.39 is 0 Å². The monoisotopic (exact) mass is 421 g/mol. The summed E-state index contributed by atoms with van der Waals surface area (Å²) in [7, 11) is 1.60. The summed E-state index contributed by atoms with van der Waals surface area (Å²) in [5.74, 6) is 2.30. The molecule has 1 saturated heterocycles. The van der Waals surface area contributed by atoms with Crippen molar-refractivity contribution in [1.82, 2.24) is 19.7 Å². The number of methoxy groups -OCH3 is 1. The third-order valence-electron chi connectivity index (χ3n) is 6.24. The molecule has 1 aromatic heterocycles. The van der Waals surface area contributed by atoms with Gasteiger partial charge in [-0.2, -0.15) is 0 Å². The fraction of sp³-hybridized carbons (Fsp3) is 0.348. The van der Waals surface area contributed by atoms with Gasteiger partial charge >= 0.3 is 0 Å². The Kier molecular flexibility index (Phi) is 5.15. The molecule has 160 valence electrons. The minimum atomic E-state index is -0.274. The zero-order valence-electron chi connectivity index (χ0n) is 17.3. The number of carbonyl (C=O) groups excluding carboxylic acids is 1. The largest absolute Gasteiger partial charge is 0.497 e. The highest BCUT2D eigenvalue weighted by Crippen LogP contribution is 2.33. The molecule has 8 heteroatoms. The third kappa shape index (κ3) is 3.90. The first kappa shape index (κ1) is 19.7. The van der Waals surface area contributed by atoms with Crippen LogP contribution < -0.4 is 10.1 Å². The highest BCUT2D eigenvalue weighted by molar-refractivity contribution is 6.01. The number of hydrogen-bond acceptors (Lipinski definition) is 5. The molecule has 0 saturated carbocycles. The van der Waals surface area contributed by atoms with E-state index in [0.29, 0.717) is 36.4 Å². The van der Waals surface area contributed by atoms with Gasteiger partial charge in [0.15, 0.2) is 0 Å². The van der Waals surface area contributed by atoms with Gasteiger partial charge in [-0.05, 0) is 42.2 Å². The highest BCUT2D eigenvalue weighted by Gasteiger charge is 2.39. The Labute approximate surface area is 179 Å². The summed E-state index contributed by atoms with van der Waals surface area (Å²) in [6.07, 6.45) is 0.779. The molecule has 2 atom stereocenters. The van der Waals surface area contributed by atoms with Crippen molar-refractivity contribution < 1.29 is 13.9 Å². The van der Waals surface area contributed by atoms with Gasteiger partial charge < -0.3 is 14.6 Å². The molecule has 2 aliphatic heterocycles. The second-order valence-corrected chi connectivity index (χ2v) is 8.24. The minimum Gasteiger partial charge on any atom is -0.497 e. The Balaban J connectivity index is 1.27. The molecule has 2 unspecified atom stereocenters. The number of nitrogens with zero attached hydrogens (tertiary/aromatic N) is 4. The fourth-order valence-electron chi connectivity index (χ4n) is 4.65. The molecule has 2 aromatic carbocycles. The lowest BCUT2D eigenvalue weighted by atomic mass is 9.89. The summed E-state index contributed by atoms with van der Waals surface area (Å²) < 4.78 is 21.1. The maximum atomic E-state index is 14.0. The smallest absolute Gasteiger partial charge is 0.293 e. The van der Waals surface area contributed by atoms with Crippen molar-refractivity contribution in [3.63, 3.8) is 0 Å². The van der Waals surface area contributed by atoms with E-state index in [1.807, 2.05) is 16.7 Å². The van der Waals surface area contributed by atoms with Crippen LogP contribution in [0.25, 0.3) is 0 Å². The van der Waals surface area contributed by atoms with Gasteiger partial charge in [0, 0.05) is 43.9 Å². The number of amides is 1. The van der Waals surface area contributed by atoms with E-state index in [4.69, 9.17) is 4.74 Å². The topological polar surface area (TPSA) is 72.3 Å². The van der Waals surface area contributed by atoms with E-state index in [1.54, 1.807) is 37.4 Å². The lowest BCUT2D eigenvalue weighted by molar-refractivity contribution is 0.100. The SMILES string of the molecule is COc1ccc(NC(=O)c2nnc3n2CC2CN(Cc4ccccc4F)CC2C3)cc1. The van der Waals surface area contributed by atoms with Crippen molar-refractivity contribution in [2.45, 2.75) is 19.5 Å². The van der Waals surface area contributed by atoms with Gasteiger partial charge in [0.1, 0.15) is 17.4 Å². The number of likely N-dealkylation sites (tertiary alicyclic amines) is 1. The summed E-state index contributed by atoms with van der Waals surface area (Å²) in [4.78, 5) is 15.1. The Morgan fingerprint density at radius 2 is 1.87 bits per heavy atom. The lowest BCUT2D eigenvalue weighted by Gasteiger charge is -2.25. The number of benzene rings is 2. The number of anilines is 1. The van der Waals surface area contributed by atoms with Crippen LogP contribution in [0.1, 0.15) is 22.0 Å². The van der Waals surface area contributed by atoms with Gasteiger partial charge in [0.05, 0.1) is 7.11 Å². The molecule has 0 spiro atoms. The van der Waals surface area contributed by atoms with Gasteiger partial charge in [-0.15, -0.1) is 10.2 Å². The normalized spacial score (nSPS) is 20.2. The van der Waals surface area contributed by atoms with Gasteiger partial charge in [-0.25, -0.2) is 4.39 Å². The van der Waals surface area contributed by atoms with Crippen LogP contribution in [0.2, 0.25) is 0 Å². The van der Waals surface area contributed by atoms with Crippen molar-refractivity contribution >= 4 is 11.6 Å². The predicted molar refractivity (Wildman–Crippen MR) is 113 cm³/mol. The molecule has 1 amide bonds. The molecule has 3 heterocycles. The van der Waals surface area contributed by atoms with Crippen molar-refractivity contribution in [3.05, 3.63) is 71.6 Å². The standard InChI is InChI=1S/C23H24FN5O2/c1-31-19-8-6-18(7-9-19)25-23(30)22-27-26-21-10-16-12-28(13-17(16)14-29(21)22)11-15-4-2-3-5-20(15)24/h2-9,16-17H,10-14H2,1H3,(H,25,30). The molecule has 1 fully saturated rings. The first-order chi connectivity index (χ1) is 15.1. The van der Waals surface area contributed by atoms with E-state index in [9.17, 15) is 9.18 Å². The van der Waals surface area contributed by atoms with E-state index in [0.717, 1.165) is 36.6 Å². The molecule has 0 radical (unpaired) electrons. The Hall–Kier alpha value is -3.26. The van der Waals surface area contributed by atoms with E-state index in [1.165, 1.54) is 6.07 Å². The van der Waals surface area contributed by atoms with Gasteiger partial charge in [0.2, 0.25) is 5.82 Å². The fourth-order valence-corrected chi connectivity index (χ4v) is 4.65. The van der Waals surface area contributed by atoms with Crippen LogP contribution in [0.3, 0.4) is 0 Å². The van der Waals surface area contributed by atoms with Crippen molar-refractivity contribution in [3.8, 4) is 5.75 Å². The molecule has 0 bridgehead atoms. The van der Waals surface area contributed by atoms with Crippen LogP contribution in [-0.4, -0.2) is 45.8 Å². The summed E-state index contributed by atoms with van der Waals surface area (Å²) in [6, 6.07) is 14.1. The van der Waals surface area contributed by atoms with Gasteiger partial charge in [-0.3, -0.25) is 9.69 Å². The maximum absolute atomic E-state index is 14.0. The number of rotatable bonds is 5. The van der Waals surface area contributed by atoms with Crippen LogP contribution >= 0.6 is 0 Å². The quantitative estimate of drug-likeness (QED) is 0.686. The Morgan fingerprint density at radius 3 is 2.65 bits per heavy atom. The second-order valence-electron chi connectivity index (χ2n) is 8.24. The predicted octanol–water partition coefficient (Wildman–Crippen LogP) is 2.98. The molecular formula is C23H24FN5O2. The van der Waals surface area contributed by atoms with Crippen LogP contribution in [0.4, 0.5) is 10.1 Å². The average Bonchev–Trinajstić information content (AvgIpc) is 3.37. The summed E-state index contributed by atoms with van der Waals surface area (Å²) in [6.45, 7) is 3.08. The van der Waals surface area contributed by atoms with E-state index >= 15 is 0 Å². The number of halogens is 1. The van der Waals surface area contributed by atoms with Crippen LogP contribution in [0, 0.1) is 17.7 Å². The number of aromatic nitrogens is 3. The highest BCUT2D eigenvalue weighted by atomic mass is 19.1. The number of nitrogens with one attached hydrogen (secondary N) is 1. The molecule has 1 N–H and O–H groups in total. The van der Waals surface area contributed by atoms with Crippen LogP contribution in [0.5, 0.6) is 5.75 Å². The molecule has 0 aliphatic carbocycles. The third-order valence-corrected chi connectivity index (χ3v) is 6.24. The number of fused-ring (bicyclic) bond motifs is 2. The molecular weight excluding hydrogens is 397 g/mol. The zero-order chi connectivity index (χ0) is 21.4. The first-order valence-corrected chi connectivity index (χ1v) is 10.4. The molecule has 5 rings (SSSR count). The molecule has 3 aromatic rings. The summed E-state index contributed by atoms with van der Waals surface area (Å²) in [5.41, 5.74) is 1.40. The second kappa shape index (κ2) is 8.11. The number of carbonyl (C=O) groups is 1. The van der Waals surface area contributed by atoms with E-state index in [-0.39, 0.29) is 11.7 Å². The van der Waals surface area contributed by atoms with Crippen molar-refractivity contribution in [1.29, 1.82) is 0 Å². The number of ether oxygens (including phenoxy) is 1. The minimum absolute atomic E-state index is 0.160. The van der Waals surface area contributed by atoms with Gasteiger partial charge in [0.25, 0.3) is 5.91 Å². The van der Waals surface area contributed by atoms with Crippen LogP contribution in [-0.2, 0) is 19.5 Å². The van der Waals surface area contributed by atoms with Crippen molar-refractivity contribution in [2.75, 3.05) is 25.5 Å². The average molecular weight is 421 g/mol. The Bertz CT molecular complexity index is 1100. The van der Waals surface area contributed by atoms with Gasteiger partial charge in [-0.1, -0.05) is 18.2 Å². The summed E-state index contributed by atoms with van der Waals surface area (Å²) in [5, 5.41) is 11.3. The molecule has 2 aliphatic rings.